The largest absolute Gasteiger partial charge is 0.302 e. The molecule has 1 aliphatic heterocycles. The van der Waals surface area contributed by atoms with Crippen LogP contribution in [0.4, 0.5) is 5.13 Å². The number of rotatable bonds is 4. The van der Waals surface area contributed by atoms with Gasteiger partial charge in [0, 0.05) is 24.2 Å². The highest BCUT2D eigenvalue weighted by Crippen LogP contribution is 2.50. The Hall–Kier alpha value is -2.30. The molecule has 1 N–H and O–H groups in total. The number of nitrogens with zero attached hydrogens (tertiary/aromatic N) is 2. The summed E-state index contributed by atoms with van der Waals surface area (Å²) in [4.78, 5) is 18.8. The number of nitrogens with one attached hydrogen (secondary N) is 1. The van der Waals surface area contributed by atoms with Crippen molar-refractivity contribution in [3.63, 3.8) is 0 Å². The molecule has 2 aromatic heterocycles. The molecule has 6 rings (SSSR count). The number of amides is 1. The Bertz CT molecular complexity index is 1470. The predicted octanol–water partition coefficient (Wildman–Crippen LogP) is 5.70. The Balaban J connectivity index is 1.22. The number of carbonyl (C=O) groups excluding carboxylic acids is 1. The maximum Gasteiger partial charge on any atom is 0.252 e. The number of piperidine rings is 1. The Morgan fingerprint density at radius 2 is 1.88 bits per heavy atom. The van der Waals surface area contributed by atoms with E-state index in [2.05, 4.69) is 29.6 Å². The summed E-state index contributed by atoms with van der Waals surface area (Å²) < 4.78 is 28.0. The highest BCUT2D eigenvalue weighted by atomic mass is 35.5. The van der Waals surface area contributed by atoms with Gasteiger partial charge in [-0.2, -0.15) is 4.31 Å². The van der Waals surface area contributed by atoms with Crippen LogP contribution in [0.25, 0.3) is 32.5 Å². The minimum atomic E-state index is -3.66. The zero-order valence-corrected chi connectivity index (χ0v) is 20.5. The van der Waals surface area contributed by atoms with Gasteiger partial charge in [0.05, 0.1) is 20.8 Å². The van der Waals surface area contributed by atoms with Crippen molar-refractivity contribution in [2.75, 3.05) is 18.4 Å². The molecule has 10 heteroatoms. The van der Waals surface area contributed by atoms with Gasteiger partial charge in [-0.05, 0) is 35.7 Å². The minimum absolute atomic E-state index is 0.150. The molecule has 3 heterocycles. The van der Waals surface area contributed by atoms with E-state index in [4.69, 9.17) is 16.6 Å². The third-order valence-corrected chi connectivity index (χ3v) is 10.7. The lowest BCUT2D eigenvalue weighted by Gasteiger charge is -2.30. The van der Waals surface area contributed by atoms with Crippen molar-refractivity contribution in [1.29, 1.82) is 0 Å². The van der Waals surface area contributed by atoms with E-state index in [9.17, 15) is 13.2 Å². The van der Waals surface area contributed by atoms with Crippen molar-refractivity contribution >= 4 is 66.1 Å². The molecule has 1 fully saturated rings. The molecule has 2 aromatic carbocycles. The van der Waals surface area contributed by atoms with E-state index < -0.39 is 15.9 Å². The second-order valence-corrected chi connectivity index (χ2v) is 13.0. The predicted molar refractivity (Wildman–Crippen MR) is 133 cm³/mol. The first-order chi connectivity index (χ1) is 15.9. The summed E-state index contributed by atoms with van der Waals surface area (Å²) in [6, 6.07) is 15.5. The topological polar surface area (TPSA) is 79.4 Å². The number of benzene rings is 2. The lowest BCUT2D eigenvalue weighted by atomic mass is 9.99. The van der Waals surface area contributed by atoms with E-state index >= 15 is 0 Å². The monoisotopic (exact) mass is 515 g/mol. The number of anilines is 1. The minimum Gasteiger partial charge on any atom is -0.302 e. The van der Waals surface area contributed by atoms with Crippen LogP contribution < -0.4 is 5.32 Å². The molecule has 6 nitrogen and oxygen atoms in total. The zero-order valence-electron chi connectivity index (χ0n) is 17.2. The van der Waals surface area contributed by atoms with Gasteiger partial charge in [0.15, 0.2) is 5.13 Å². The second-order valence-electron chi connectivity index (χ2n) is 8.16. The molecule has 1 unspecified atom stereocenters. The fraction of sp³-hybridized carbons (Fsp3) is 0.217. The summed E-state index contributed by atoms with van der Waals surface area (Å²) in [6.07, 6.45) is 1.26. The molecular weight excluding hydrogens is 498 g/mol. The molecule has 4 aromatic rings. The van der Waals surface area contributed by atoms with Crippen LogP contribution in [0, 0.1) is 5.92 Å². The van der Waals surface area contributed by atoms with Gasteiger partial charge in [-0.1, -0.05) is 59.3 Å². The van der Waals surface area contributed by atoms with Gasteiger partial charge < -0.3 is 5.32 Å². The average Bonchev–Trinajstić information content (AvgIpc) is 3.51. The number of hydrogen-bond acceptors (Lipinski definition) is 6. The molecular formula is C23H18ClN3O3S3. The lowest BCUT2D eigenvalue weighted by molar-refractivity contribution is -0.120. The number of aromatic nitrogens is 1. The van der Waals surface area contributed by atoms with Gasteiger partial charge >= 0.3 is 0 Å². The summed E-state index contributed by atoms with van der Waals surface area (Å²) in [6.45, 7) is 0.547. The van der Waals surface area contributed by atoms with E-state index in [0.29, 0.717) is 28.9 Å². The molecule has 168 valence electrons. The quantitative estimate of drug-likeness (QED) is 0.333. The van der Waals surface area contributed by atoms with Gasteiger partial charge in [-0.25, -0.2) is 13.4 Å². The number of thiazole rings is 1. The molecule has 0 spiro atoms. The van der Waals surface area contributed by atoms with Crippen LogP contribution in [0.5, 0.6) is 0 Å². The first-order valence-corrected chi connectivity index (χ1v) is 14.0. The van der Waals surface area contributed by atoms with Crippen molar-refractivity contribution in [3.8, 4) is 21.7 Å². The lowest BCUT2D eigenvalue weighted by Crippen LogP contribution is -2.43. The van der Waals surface area contributed by atoms with Gasteiger partial charge in [0.2, 0.25) is 5.91 Å². The standard InChI is InChI=1S/C23H18ClN3O3S3/c24-17-9-10-18(31-17)33(29,30)27-11-3-6-14(12-27)22(28)26-23-25-20-15-7-1-4-13-5-2-8-16(19(13)15)21(20)32-23/h1-2,4-5,7-10,14H,3,6,11-12H2,(H,25,26,28). The van der Waals surface area contributed by atoms with E-state index in [1.54, 1.807) is 6.07 Å². The summed E-state index contributed by atoms with van der Waals surface area (Å²) in [5, 5.41) is 5.87. The molecule has 0 radical (unpaired) electrons. The first-order valence-electron chi connectivity index (χ1n) is 10.5. The number of fused-ring (bicyclic) bond motifs is 3. The van der Waals surface area contributed by atoms with E-state index in [1.165, 1.54) is 32.5 Å². The van der Waals surface area contributed by atoms with E-state index in [1.807, 2.05) is 12.1 Å². The van der Waals surface area contributed by atoms with Crippen LogP contribution in [-0.2, 0) is 14.8 Å². The van der Waals surface area contributed by atoms with Gasteiger partial charge in [0.1, 0.15) is 4.21 Å². The van der Waals surface area contributed by atoms with Crippen LogP contribution in [0.2, 0.25) is 4.34 Å². The molecule has 1 aliphatic carbocycles. The van der Waals surface area contributed by atoms with Crippen molar-refractivity contribution in [2.45, 2.75) is 17.1 Å². The van der Waals surface area contributed by atoms with Crippen molar-refractivity contribution in [3.05, 3.63) is 52.9 Å². The van der Waals surface area contributed by atoms with Gasteiger partial charge in [-0.15, -0.1) is 11.3 Å². The Morgan fingerprint density at radius 3 is 2.64 bits per heavy atom. The van der Waals surface area contributed by atoms with Crippen LogP contribution in [0.1, 0.15) is 12.8 Å². The summed E-state index contributed by atoms with van der Waals surface area (Å²) in [5.74, 6) is -0.628. The van der Waals surface area contributed by atoms with Crippen LogP contribution in [-0.4, -0.2) is 36.7 Å². The third-order valence-electron chi connectivity index (χ3n) is 6.16. The highest BCUT2D eigenvalue weighted by Gasteiger charge is 2.35. The fourth-order valence-corrected chi connectivity index (χ4v) is 8.79. The SMILES string of the molecule is O=C(Nc1nc2c(s1)-c1cccc3cccc-2c13)C1CCCN(S(=O)(=O)c2ccc(Cl)s2)C1. The van der Waals surface area contributed by atoms with Crippen LogP contribution in [0.3, 0.4) is 0 Å². The van der Waals surface area contributed by atoms with E-state index in [0.717, 1.165) is 33.0 Å². The third kappa shape index (κ3) is 3.50. The normalized spacial score (nSPS) is 17.9. The summed E-state index contributed by atoms with van der Waals surface area (Å²) in [5.41, 5.74) is 3.12. The summed E-state index contributed by atoms with van der Waals surface area (Å²) in [7, 11) is -3.66. The number of carbonyl (C=O) groups is 1. The van der Waals surface area contributed by atoms with Crippen LogP contribution in [0.15, 0.2) is 52.7 Å². The van der Waals surface area contributed by atoms with Crippen LogP contribution >= 0.6 is 34.3 Å². The molecule has 0 bridgehead atoms. The zero-order chi connectivity index (χ0) is 22.7. The fourth-order valence-electron chi connectivity index (χ4n) is 4.61. The Kier molecular flexibility index (Phi) is 5.08. The molecule has 0 saturated carbocycles. The molecule has 1 amide bonds. The van der Waals surface area contributed by atoms with Crippen molar-refractivity contribution < 1.29 is 13.2 Å². The molecule has 1 atom stereocenters. The summed E-state index contributed by atoms with van der Waals surface area (Å²) >= 11 is 8.42. The maximum atomic E-state index is 13.1. The number of sulfonamides is 1. The average molecular weight is 516 g/mol. The second kappa shape index (κ2) is 7.89. The molecule has 33 heavy (non-hydrogen) atoms. The Morgan fingerprint density at radius 1 is 1.09 bits per heavy atom. The first kappa shape index (κ1) is 21.2. The van der Waals surface area contributed by atoms with Crippen molar-refractivity contribution in [2.24, 2.45) is 5.92 Å². The highest BCUT2D eigenvalue weighted by molar-refractivity contribution is 7.91. The van der Waals surface area contributed by atoms with Gasteiger partial charge in [0.25, 0.3) is 10.0 Å². The molecule has 1 saturated heterocycles. The number of thiophene rings is 1. The smallest absolute Gasteiger partial charge is 0.252 e. The number of halogens is 1. The van der Waals surface area contributed by atoms with Crippen molar-refractivity contribution in [1.82, 2.24) is 9.29 Å². The molecule has 2 aliphatic rings. The van der Waals surface area contributed by atoms with E-state index in [-0.39, 0.29) is 16.7 Å². The Labute approximate surface area is 203 Å². The van der Waals surface area contributed by atoms with Gasteiger partial charge in [-0.3, -0.25) is 4.79 Å². The number of hydrogen-bond donors (Lipinski definition) is 1. The maximum absolute atomic E-state index is 13.1.